The van der Waals surface area contributed by atoms with Crippen LogP contribution in [0.15, 0.2) is 79.0 Å². The van der Waals surface area contributed by atoms with Crippen molar-refractivity contribution in [3.8, 4) is 23.0 Å². The Balaban J connectivity index is 1.88. The molecule has 0 N–H and O–H groups in total. The van der Waals surface area contributed by atoms with Crippen molar-refractivity contribution in [2.24, 2.45) is 0 Å². The van der Waals surface area contributed by atoms with E-state index in [2.05, 4.69) is 11.2 Å². The Bertz CT molecular complexity index is 1210. The van der Waals surface area contributed by atoms with Crippen molar-refractivity contribution in [2.75, 3.05) is 0 Å². The SMILES string of the molecule is Cc1ccc(C(=O)c2cnn(-c3ccc(C#N)cc3)c2-c2ccc(C)cc2)cc1. The van der Waals surface area contributed by atoms with Gasteiger partial charge in [0.15, 0.2) is 5.78 Å². The van der Waals surface area contributed by atoms with Gasteiger partial charge in [-0.1, -0.05) is 59.7 Å². The lowest BCUT2D eigenvalue weighted by molar-refractivity contribution is 0.103. The van der Waals surface area contributed by atoms with E-state index in [9.17, 15) is 4.79 Å². The number of aryl methyl sites for hydroxylation is 2. The lowest BCUT2D eigenvalue weighted by atomic mass is 9.99. The van der Waals surface area contributed by atoms with Crippen molar-refractivity contribution in [3.05, 3.63) is 107 Å². The highest BCUT2D eigenvalue weighted by Gasteiger charge is 2.21. The molecule has 0 aliphatic carbocycles. The topological polar surface area (TPSA) is 58.7 Å². The van der Waals surface area contributed by atoms with Crippen molar-refractivity contribution in [1.29, 1.82) is 5.26 Å². The number of nitriles is 1. The summed E-state index contributed by atoms with van der Waals surface area (Å²) in [6.07, 6.45) is 1.62. The highest BCUT2D eigenvalue weighted by Crippen LogP contribution is 2.29. The number of carbonyl (C=O) groups is 1. The van der Waals surface area contributed by atoms with Gasteiger partial charge in [-0.25, -0.2) is 4.68 Å². The summed E-state index contributed by atoms with van der Waals surface area (Å²) in [6.45, 7) is 4.02. The molecule has 4 aromatic rings. The Morgan fingerprint density at radius 1 is 0.862 bits per heavy atom. The first-order valence-electron chi connectivity index (χ1n) is 9.34. The molecule has 4 heteroatoms. The molecule has 29 heavy (non-hydrogen) atoms. The fourth-order valence-electron chi connectivity index (χ4n) is 3.24. The van der Waals surface area contributed by atoms with Crippen LogP contribution in [0.25, 0.3) is 16.9 Å². The van der Waals surface area contributed by atoms with E-state index in [0.717, 1.165) is 28.1 Å². The summed E-state index contributed by atoms with van der Waals surface area (Å²) in [5.41, 5.74) is 6.44. The summed E-state index contributed by atoms with van der Waals surface area (Å²) in [6, 6.07) is 24.9. The van der Waals surface area contributed by atoms with Crippen LogP contribution in [-0.4, -0.2) is 15.6 Å². The van der Waals surface area contributed by atoms with Gasteiger partial charge < -0.3 is 0 Å². The predicted molar refractivity (Wildman–Crippen MR) is 113 cm³/mol. The number of benzene rings is 3. The van der Waals surface area contributed by atoms with Crippen molar-refractivity contribution < 1.29 is 4.79 Å². The molecule has 0 radical (unpaired) electrons. The third-order valence-electron chi connectivity index (χ3n) is 4.89. The zero-order valence-corrected chi connectivity index (χ0v) is 16.3. The summed E-state index contributed by atoms with van der Waals surface area (Å²) in [7, 11) is 0. The molecule has 1 heterocycles. The number of ketones is 1. The zero-order chi connectivity index (χ0) is 20.4. The number of nitrogens with zero attached hydrogens (tertiary/aromatic N) is 3. The van der Waals surface area contributed by atoms with E-state index in [1.807, 2.05) is 74.5 Å². The van der Waals surface area contributed by atoms with E-state index in [0.29, 0.717) is 16.7 Å². The fraction of sp³-hybridized carbons (Fsp3) is 0.0800. The van der Waals surface area contributed by atoms with Crippen molar-refractivity contribution in [2.45, 2.75) is 13.8 Å². The smallest absolute Gasteiger partial charge is 0.196 e. The van der Waals surface area contributed by atoms with E-state index in [-0.39, 0.29) is 5.78 Å². The minimum absolute atomic E-state index is 0.0690. The molecule has 0 unspecified atom stereocenters. The minimum Gasteiger partial charge on any atom is -0.288 e. The van der Waals surface area contributed by atoms with E-state index in [4.69, 9.17) is 5.26 Å². The van der Waals surface area contributed by atoms with Crippen LogP contribution in [-0.2, 0) is 0 Å². The van der Waals surface area contributed by atoms with Gasteiger partial charge in [-0.05, 0) is 38.1 Å². The predicted octanol–water partition coefficient (Wildman–Crippen LogP) is 5.26. The zero-order valence-electron chi connectivity index (χ0n) is 16.3. The van der Waals surface area contributed by atoms with Crippen LogP contribution in [0.1, 0.15) is 32.6 Å². The largest absolute Gasteiger partial charge is 0.288 e. The minimum atomic E-state index is -0.0690. The molecule has 0 atom stereocenters. The average Bonchev–Trinajstić information content (AvgIpc) is 3.19. The van der Waals surface area contributed by atoms with E-state index in [1.165, 1.54) is 0 Å². The van der Waals surface area contributed by atoms with Crippen LogP contribution in [0.3, 0.4) is 0 Å². The second-order valence-corrected chi connectivity index (χ2v) is 7.04. The van der Waals surface area contributed by atoms with Gasteiger partial charge in [0.1, 0.15) is 0 Å². The van der Waals surface area contributed by atoms with Crippen LogP contribution in [0.4, 0.5) is 0 Å². The molecule has 140 valence electrons. The van der Waals surface area contributed by atoms with Gasteiger partial charge >= 0.3 is 0 Å². The van der Waals surface area contributed by atoms with Crippen LogP contribution < -0.4 is 0 Å². The van der Waals surface area contributed by atoms with Crippen LogP contribution >= 0.6 is 0 Å². The Kier molecular flexibility index (Phi) is 4.80. The third kappa shape index (κ3) is 3.59. The second-order valence-electron chi connectivity index (χ2n) is 7.04. The first kappa shape index (κ1) is 18.4. The van der Waals surface area contributed by atoms with Crippen LogP contribution in [0.2, 0.25) is 0 Å². The number of carbonyl (C=O) groups excluding carboxylic acids is 1. The number of aromatic nitrogens is 2. The number of rotatable bonds is 4. The third-order valence-corrected chi connectivity index (χ3v) is 4.89. The number of hydrogen-bond donors (Lipinski definition) is 0. The Morgan fingerprint density at radius 2 is 1.45 bits per heavy atom. The van der Waals surface area contributed by atoms with Crippen LogP contribution in [0, 0.1) is 25.2 Å². The molecular formula is C25H19N3O. The molecular weight excluding hydrogens is 358 g/mol. The lowest BCUT2D eigenvalue weighted by Crippen LogP contribution is -2.05. The molecule has 3 aromatic carbocycles. The van der Waals surface area contributed by atoms with Gasteiger partial charge in [-0.15, -0.1) is 0 Å². The molecule has 4 nitrogen and oxygen atoms in total. The van der Waals surface area contributed by atoms with Crippen molar-refractivity contribution in [1.82, 2.24) is 9.78 Å². The lowest BCUT2D eigenvalue weighted by Gasteiger charge is -2.11. The molecule has 0 saturated carbocycles. The summed E-state index contributed by atoms with van der Waals surface area (Å²) >= 11 is 0. The van der Waals surface area contributed by atoms with E-state index in [1.54, 1.807) is 23.0 Å². The van der Waals surface area contributed by atoms with Gasteiger partial charge in [0.05, 0.1) is 34.8 Å². The molecule has 0 saturated heterocycles. The van der Waals surface area contributed by atoms with Gasteiger partial charge in [0.25, 0.3) is 0 Å². The molecule has 0 aliphatic heterocycles. The Hall–Kier alpha value is -3.97. The Morgan fingerprint density at radius 3 is 2.03 bits per heavy atom. The maximum atomic E-state index is 13.3. The second kappa shape index (κ2) is 7.57. The highest BCUT2D eigenvalue weighted by molar-refractivity contribution is 6.12. The van der Waals surface area contributed by atoms with Gasteiger partial charge in [-0.3, -0.25) is 4.79 Å². The standard InChI is InChI=1S/C25H19N3O/c1-17-3-9-20(10-4-17)24-23(25(29)21-11-5-18(2)6-12-21)16-27-28(24)22-13-7-19(15-26)8-14-22/h3-14,16H,1-2H3. The highest BCUT2D eigenvalue weighted by atomic mass is 16.1. The summed E-state index contributed by atoms with van der Waals surface area (Å²) in [5.74, 6) is -0.0690. The number of hydrogen-bond acceptors (Lipinski definition) is 3. The van der Waals surface area contributed by atoms with Crippen molar-refractivity contribution in [3.63, 3.8) is 0 Å². The first-order valence-corrected chi connectivity index (χ1v) is 9.34. The normalized spacial score (nSPS) is 10.5. The molecule has 4 rings (SSSR count). The van der Waals surface area contributed by atoms with Gasteiger partial charge in [0, 0.05) is 11.1 Å². The average molecular weight is 377 g/mol. The summed E-state index contributed by atoms with van der Waals surface area (Å²) in [5, 5.41) is 13.6. The monoisotopic (exact) mass is 377 g/mol. The Labute approximate surface area is 169 Å². The van der Waals surface area contributed by atoms with Gasteiger partial charge in [-0.2, -0.15) is 10.4 Å². The van der Waals surface area contributed by atoms with Gasteiger partial charge in [0.2, 0.25) is 0 Å². The van der Waals surface area contributed by atoms with E-state index >= 15 is 0 Å². The van der Waals surface area contributed by atoms with Crippen molar-refractivity contribution >= 4 is 5.78 Å². The molecule has 0 amide bonds. The first-order chi connectivity index (χ1) is 14.1. The van der Waals surface area contributed by atoms with E-state index < -0.39 is 0 Å². The van der Waals surface area contributed by atoms with Crippen LogP contribution in [0.5, 0.6) is 0 Å². The summed E-state index contributed by atoms with van der Waals surface area (Å²) in [4.78, 5) is 13.3. The summed E-state index contributed by atoms with van der Waals surface area (Å²) < 4.78 is 1.76. The maximum Gasteiger partial charge on any atom is 0.196 e. The molecule has 0 spiro atoms. The molecule has 1 aromatic heterocycles. The molecule has 0 fully saturated rings. The molecule has 0 aliphatic rings. The molecule has 0 bridgehead atoms. The maximum absolute atomic E-state index is 13.3. The quantitative estimate of drug-likeness (QED) is 0.456. The fourth-order valence-corrected chi connectivity index (χ4v) is 3.24.